The smallest absolute Gasteiger partial charge is 0.266 e. The Morgan fingerprint density at radius 2 is 2.12 bits per heavy atom. The Hall–Kier alpha value is -1.37. The van der Waals surface area contributed by atoms with Crippen LogP contribution >= 0.6 is 22.6 Å². The molecule has 5 heteroatoms. The van der Waals surface area contributed by atoms with Crippen LogP contribution in [0.4, 0.5) is 11.5 Å². The van der Waals surface area contributed by atoms with Crippen LogP contribution in [0, 0.1) is 17.4 Å². The molecular formula is C12H12IN3O. The van der Waals surface area contributed by atoms with Gasteiger partial charge in [0.05, 0.1) is 6.33 Å². The van der Waals surface area contributed by atoms with Crippen molar-refractivity contribution in [2.45, 2.75) is 13.8 Å². The first-order chi connectivity index (χ1) is 8.09. The number of nitrogens with zero attached hydrogens (tertiary/aromatic N) is 1. The highest BCUT2D eigenvalue weighted by Gasteiger charge is 2.07. The molecule has 0 fully saturated rings. The first kappa shape index (κ1) is 12.1. The minimum atomic E-state index is -0.131. The van der Waals surface area contributed by atoms with Gasteiger partial charge in [-0.2, -0.15) is 0 Å². The van der Waals surface area contributed by atoms with Gasteiger partial charge in [0.1, 0.15) is 3.57 Å². The fourth-order valence-corrected chi connectivity index (χ4v) is 1.91. The molecule has 0 aliphatic carbocycles. The van der Waals surface area contributed by atoms with Crippen LogP contribution in [-0.2, 0) is 0 Å². The number of hydrogen-bond acceptors (Lipinski definition) is 3. The van der Waals surface area contributed by atoms with Crippen LogP contribution in [0.3, 0.4) is 0 Å². The maximum atomic E-state index is 11.4. The Labute approximate surface area is 113 Å². The number of aryl methyl sites for hydroxylation is 1. The molecule has 0 radical (unpaired) electrons. The lowest BCUT2D eigenvalue weighted by Gasteiger charge is -2.11. The minimum Gasteiger partial charge on any atom is -0.339 e. The van der Waals surface area contributed by atoms with Gasteiger partial charge >= 0.3 is 0 Å². The number of benzene rings is 1. The summed E-state index contributed by atoms with van der Waals surface area (Å²) in [5, 5.41) is 3.18. The number of aromatic nitrogens is 2. The summed E-state index contributed by atoms with van der Waals surface area (Å²) in [5.41, 5.74) is 3.20. The normalized spacial score (nSPS) is 10.3. The zero-order valence-electron chi connectivity index (χ0n) is 9.54. The summed E-state index contributed by atoms with van der Waals surface area (Å²) in [6, 6.07) is 6.00. The van der Waals surface area contributed by atoms with E-state index in [9.17, 15) is 4.79 Å². The molecule has 0 bridgehead atoms. The maximum absolute atomic E-state index is 11.4. The highest BCUT2D eigenvalue weighted by molar-refractivity contribution is 14.1. The Morgan fingerprint density at radius 1 is 1.35 bits per heavy atom. The molecule has 0 atom stereocenters. The highest BCUT2D eigenvalue weighted by atomic mass is 127. The van der Waals surface area contributed by atoms with Crippen molar-refractivity contribution in [3.8, 4) is 0 Å². The van der Waals surface area contributed by atoms with E-state index in [-0.39, 0.29) is 5.56 Å². The monoisotopic (exact) mass is 341 g/mol. The number of halogens is 1. The van der Waals surface area contributed by atoms with Crippen molar-refractivity contribution in [3.63, 3.8) is 0 Å². The van der Waals surface area contributed by atoms with Gasteiger partial charge in [0, 0.05) is 5.69 Å². The van der Waals surface area contributed by atoms with Crippen molar-refractivity contribution in [2.24, 2.45) is 0 Å². The summed E-state index contributed by atoms with van der Waals surface area (Å²) in [4.78, 5) is 18.1. The molecule has 0 unspecified atom stereocenters. The summed E-state index contributed by atoms with van der Waals surface area (Å²) in [6.45, 7) is 4.09. The second-order valence-corrected chi connectivity index (χ2v) is 4.85. The van der Waals surface area contributed by atoms with E-state index in [1.165, 1.54) is 11.9 Å². The molecule has 0 aliphatic heterocycles. The summed E-state index contributed by atoms with van der Waals surface area (Å²) in [6.07, 6.45) is 1.40. The van der Waals surface area contributed by atoms with E-state index in [0.29, 0.717) is 9.39 Å². The second-order valence-electron chi connectivity index (χ2n) is 3.77. The number of H-pyrrole nitrogens is 1. The van der Waals surface area contributed by atoms with Crippen LogP contribution in [-0.4, -0.2) is 9.97 Å². The molecule has 0 saturated heterocycles. The van der Waals surface area contributed by atoms with Crippen LogP contribution in [0.25, 0.3) is 0 Å². The summed E-state index contributed by atoms with van der Waals surface area (Å²) >= 11 is 1.98. The van der Waals surface area contributed by atoms with Crippen molar-refractivity contribution in [1.82, 2.24) is 9.97 Å². The number of anilines is 2. The van der Waals surface area contributed by atoms with Crippen molar-refractivity contribution in [1.29, 1.82) is 0 Å². The Bertz CT molecular complexity index is 607. The molecule has 0 spiro atoms. The quantitative estimate of drug-likeness (QED) is 0.826. The van der Waals surface area contributed by atoms with E-state index in [2.05, 4.69) is 28.3 Å². The van der Waals surface area contributed by atoms with E-state index in [0.717, 1.165) is 11.3 Å². The fourth-order valence-electron chi connectivity index (χ4n) is 1.48. The SMILES string of the molecule is Cc1cccc(Nc2nc[nH]c(=O)c2I)c1C. The lowest BCUT2D eigenvalue weighted by molar-refractivity contribution is 1.10. The largest absolute Gasteiger partial charge is 0.339 e. The molecule has 88 valence electrons. The zero-order chi connectivity index (χ0) is 12.4. The van der Waals surface area contributed by atoms with Gasteiger partial charge in [-0.3, -0.25) is 4.79 Å². The summed E-state index contributed by atoms with van der Waals surface area (Å²) < 4.78 is 0.561. The van der Waals surface area contributed by atoms with Crippen LogP contribution in [0.1, 0.15) is 11.1 Å². The van der Waals surface area contributed by atoms with Crippen LogP contribution < -0.4 is 10.9 Å². The van der Waals surface area contributed by atoms with E-state index < -0.39 is 0 Å². The van der Waals surface area contributed by atoms with Gasteiger partial charge in [0.15, 0.2) is 5.82 Å². The fraction of sp³-hybridized carbons (Fsp3) is 0.167. The molecule has 1 heterocycles. The van der Waals surface area contributed by atoms with Gasteiger partial charge in [0.25, 0.3) is 5.56 Å². The van der Waals surface area contributed by atoms with Crippen molar-refractivity contribution < 1.29 is 0 Å². The standard InChI is InChI=1S/C12H12IN3O/c1-7-4-3-5-9(8(7)2)16-11-10(13)12(17)15-6-14-11/h3-6H,1-2H3,(H2,14,15,16,17). The lowest BCUT2D eigenvalue weighted by Crippen LogP contribution is -2.13. The van der Waals surface area contributed by atoms with Crippen molar-refractivity contribution >= 4 is 34.1 Å². The van der Waals surface area contributed by atoms with E-state index in [4.69, 9.17) is 0 Å². The predicted molar refractivity (Wildman–Crippen MR) is 76.8 cm³/mol. The molecule has 2 N–H and O–H groups in total. The van der Waals surface area contributed by atoms with E-state index in [1.807, 2.05) is 41.6 Å². The summed E-state index contributed by atoms with van der Waals surface area (Å²) in [5.74, 6) is 0.586. The van der Waals surface area contributed by atoms with E-state index in [1.54, 1.807) is 0 Å². The van der Waals surface area contributed by atoms with E-state index >= 15 is 0 Å². The molecule has 2 rings (SSSR count). The van der Waals surface area contributed by atoms with Crippen molar-refractivity contribution in [2.75, 3.05) is 5.32 Å². The van der Waals surface area contributed by atoms with Crippen LogP contribution in [0.2, 0.25) is 0 Å². The molecule has 0 aliphatic rings. The first-order valence-corrected chi connectivity index (χ1v) is 6.24. The molecule has 1 aromatic carbocycles. The average molecular weight is 341 g/mol. The third kappa shape index (κ3) is 2.49. The van der Waals surface area contributed by atoms with Gasteiger partial charge in [0.2, 0.25) is 0 Å². The third-order valence-corrected chi connectivity index (χ3v) is 3.66. The number of nitrogens with one attached hydrogen (secondary N) is 2. The number of hydrogen-bond donors (Lipinski definition) is 2. The number of rotatable bonds is 2. The third-order valence-electron chi connectivity index (χ3n) is 2.65. The molecule has 4 nitrogen and oxygen atoms in total. The van der Waals surface area contributed by atoms with Gasteiger partial charge < -0.3 is 10.3 Å². The zero-order valence-corrected chi connectivity index (χ0v) is 11.7. The van der Waals surface area contributed by atoms with Gasteiger partial charge in [-0.15, -0.1) is 0 Å². The highest BCUT2D eigenvalue weighted by Crippen LogP contribution is 2.22. The molecule has 0 saturated carbocycles. The van der Waals surface area contributed by atoms with Gasteiger partial charge in [-0.25, -0.2) is 4.98 Å². The second kappa shape index (κ2) is 4.87. The number of aromatic amines is 1. The maximum Gasteiger partial charge on any atom is 0.266 e. The topological polar surface area (TPSA) is 57.8 Å². The minimum absolute atomic E-state index is 0.131. The Kier molecular flexibility index (Phi) is 3.46. The predicted octanol–water partition coefficient (Wildman–Crippen LogP) is 2.73. The van der Waals surface area contributed by atoms with Crippen LogP contribution in [0.15, 0.2) is 29.3 Å². The Morgan fingerprint density at radius 3 is 2.88 bits per heavy atom. The van der Waals surface area contributed by atoms with Gasteiger partial charge in [-0.05, 0) is 53.6 Å². The molecule has 17 heavy (non-hydrogen) atoms. The lowest BCUT2D eigenvalue weighted by atomic mass is 10.1. The van der Waals surface area contributed by atoms with Crippen LogP contribution in [0.5, 0.6) is 0 Å². The molecule has 1 aromatic heterocycles. The first-order valence-electron chi connectivity index (χ1n) is 5.16. The average Bonchev–Trinajstić information content (AvgIpc) is 2.31. The molecule has 2 aromatic rings. The molecule has 0 amide bonds. The summed E-state index contributed by atoms with van der Waals surface area (Å²) in [7, 11) is 0. The molecular weight excluding hydrogens is 329 g/mol. The van der Waals surface area contributed by atoms with Crippen molar-refractivity contribution in [3.05, 3.63) is 49.6 Å². The van der Waals surface area contributed by atoms with Gasteiger partial charge in [-0.1, -0.05) is 12.1 Å². The Balaban J connectivity index is 2.42.